The van der Waals surface area contributed by atoms with Crippen LogP contribution in [0, 0.1) is 0 Å². The van der Waals surface area contributed by atoms with Crippen molar-refractivity contribution in [1.82, 2.24) is 0 Å². The minimum atomic E-state index is -3.79. The summed E-state index contributed by atoms with van der Waals surface area (Å²) in [6.45, 7) is 0. The third-order valence-corrected chi connectivity index (χ3v) is 6.07. The summed E-state index contributed by atoms with van der Waals surface area (Å²) < 4.78 is 10.3. The normalized spacial score (nSPS) is 34.7. The number of allylic oxidation sites excluding steroid dienone is 1. The summed E-state index contributed by atoms with van der Waals surface area (Å²) in [7, 11) is 0. The van der Waals surface area contributed by atoms with Crippen LogP contribution >= 0.6 is 0 Å². The van der Waals surface area contributed by atoms with Crippen molar-refractivity contribution < 1.29 is 59.3 Å². The van der Waals surface area contributed by atoms with Gasteiger partial charge in [-0.3, -0.25) is 4.79 Å². The van der Waals surface area contributed by atoms with Crippen LogP contribution in [0.25, 0.3) is 0 Å². The van der Waals surface area contributed by atoms with Gasteiger partial charge >= 0.3 is 17.9 Å². The van der Waals surface area contributed by atoms with Gasteiger partial charge in [0.05, 0.1) is 0 Å². The number of ether oxygens (including phenoxy) is 2. The highest BCUT2D eigenvalue weighted by Gasteiger charge is 2.84. The van der Waals surface area contributed by atoms with Crippen molar-refractivity contribution in [2.75, 3.05) is 0 Å². The molecule has 2 saturated heterocycles. The molecule has 6 unspecified atom stereocenters. The van der Waals surface area contributed by atoms with E-state index in [-0.39, 0.29) is 12.2 Å². The van der Waals surface area contributed by atoms with Gasteiger partial charge in [-0.05, 0) is 24.5 Å². The van der Waals surface area contributed by atoms with Crippen LogP contribution in [0.1, 0.15) is 24.8 Å². The molecule has 0 amide bonds. The second-order valence-electron chi connectivity index (χ2n) is 8.16. The minimum Gasteiger partial charge on any atom is -0.479 e. The van der Waals surface area contributed by atoms with Crippen LogP contribution in [0.4, 0.5) is 0 Å². The third kappa shape index (κ3) is 3.89. The molecule has 3 rings (SSSR count). The van der Waals surface area contributed by atoms with E-state index >= 15 is 0 Å². The van der Waals surface area contributed by atoms with E-state index < -0.39 is 59.6 Å². The van der Waals surface area contributed by atoms with Crippen molar-refractivity contribution in [2.24, 2.45) is 0 Å². The van der Waals surface area contributed by atoms with Gasteiger partial charge in [0, 0.05) is 12.8 Å². The van der Waals surface area contributed by atoms with Gasteiger partial charge in [-0.2, -0.15) is 0 Å². The van der Waals surface area contributed by atoms with Gasteiger partial charge in [0.2, 0.25) is 23.1 Å². The smallest absolute Gasteiger partial charge is 0.343 e. The van der Waals surface area contributed by atoms with Crippen molar-refractivity contribution in [3.05, 3.63) is 48.0 Å². The number of ketones is 1. The molecule has 6 atom stereocenters. The molecule has 2 aliphatic rings. The largest absolute Gasteiger partial charge is 0.479 e. The first kappa shape index (κ1) is 25.5. The van der Waals surface area contributed by atoms with Crippen LogP contribution in [0.2, 0.25) is 0 Å². The molecule has 1 aromatic carbocycles. The highest BCUT2D eigenvalue weighted by atomic mass is 16.8. The molecule has 2 bridgehead atoms. The van der Waals surface area contributed by atoms with Crippen LogP contribution < -0.4 is 0 Å². The molecule has 184 valence electrons. The SMILES string of the molecule is O=C(C=CCC12OC(C(=O)O)C(O)(C(=O)O)C(C(=O)O)(O1)C(O)C2O)CCCc1ccccc1. The zero-order chi connectivity index (χ0) is 25.3. The average Bonchev–Trinajstić information content (AvgIpc) is 2.98. The Bertz CT molecular complexity index is 1010. The molecule has 2 fully saturated rings. The van der Waals surface area contributed by atoms with Gasteiger partial charge in [0.1, 0.15) is 12.2 Å². The average molecular weight is 480 g/mol. The van der Waals surface area contributed by atoms with E-state index in [2.05, 4.69) is 0 Å². The molecule has 6 N–H and O–H groups in total. The van der Waals surface area contributed by atoms with Crippen LogP contribution in [0.5, 0.6) is 0 Å². The van der Waals surface area contributed by atoms with Crippen molar-refractivity contribution in [3.63, 3.8) is 0 Å². The lowest BCUT2D eigenvalue weighted by atomic mass is 9.74. The summed E-state index contributed by atoms with van der Waals surface area (Å²) in [6.07, 6.45) is -4.63. The predicted molar refractivity (Wildman–Crippen MR) is 109 cm³/mol. The van der Waals surface area contributed by atoms with E-state index in [9.17, 15) is 49.8 Å². The Balaban J connectivity index is 1.80. The molecule has 12 heteroatoms. The number of carboxylic acids is 3. The van der Waals surface area contributed by atoms with Gasteiger partial charge in [0.15, 0.2) is 5.78 Å². The Morgan fingerprint density at radius 1 is 0.971 bits per heavy atom. The molecular formula is C22H24O12. The number of carbonyl (C=O) groups is 4. The number of carbonyl (C=O) groups excluding carboxylic acids is 1. The van der Waals surface area contributed by atoms with Crippen LogP contribution in [-0.2, 0) is 35.1 Å². The molecule has 1 aromatic rings. The Hall–Kier alpha value is -3.16. The second-order valence-corrected chi connectivity index (χ2v) is 8.16. The monoisotopic (exact) mass is 480 g/mol. The van der Waals surface area contributed by atoms with Crippen LogP contribution in [-0.4, -0.2) is 89.6 Å². The second kappa shape index (κ2) is 9.24. The minimum absolute atomic E-state index is 0.154. The Labute approximate surface area is 192 Å². The summed E-state index contributed by atoms with van der Waals surface area (Å²) in [5.74, 6) is -9.53. The predicted octanol–water partition coefficient (Wildman–Crippen LogP) is -0.904. The fraction of sp³-hybridized carbons (Fsp3) is 0.455. The molecular weight excluding hydrogens is 456 g/mol. The molecule has 2 aliphatic heterocycles. The Morgan fingerprint density at radius 3 is 2.18 bits per heavy atom. The van der Waals surface area contributed by atoms with E-state index in [4.69, 9.17) is 9.47 Å². The van der Waals surface area contributed by atoms with Crippen LogP contribution in [0.3, 0.4) is 0 Å². The van der Waals surface area contributed by atoms with Gasteiger partial charge < -0.3 is 40.1 Å². The summed E-state index contributed by atoms with van der Waals surface area (Å²) in [4.78, 5) is 47.6. The van der Waals surface area contributed by atoms with Gasteiger partial charge in [-0.25, -0.2) is 14.4 Å². The van der Waals surface area contributed by atoms with Gasteiger partial charge in [-0.1, -0.05) is 36.4 Å². The van der Waals surface area contributed by atoms with E-state index in [0.29, 0.717) is 12.8 Å². The maximum absolute atomic E-state index is 12.2. The quantitative estimate of drug-likeness (QED) is 0.225. The van der Waals surface area contributed by atoms with Crippen LogP contribution in [0.15, 0.2) is 42.5 Å². The van der Waals surface area contributed by atoms with Crippen molar-refractivity contribution >= 4 is 23.7 Å². The van der Waals surface area contributed by atoms with E-state index in [0.717, 1.165) is 17.7 Å². The van der Waals surface area contributed by atoms with Crippen molar-refractivity contribution in [3.8, 4) is 0 Å². The topological polar surface area (TPSA) is 208 Å². The number of aliphatic hydroxyl groups excluding tert-OH is 2. The molecule has 0 radical (unpaired) electrons. The lowest BCUT2D eigenvalue weighted by Crippen LogP contribution is -2.77. The lowest BCUT2D eigenvalue weighted by Gasteiger charge is -2.48. The lowest BCUT2D eigenvalue weighted by molar-refractivity contribution is -0.371. The molecule has 0 aliphatic carbocycles. The first-order valence-electron chi connectivity index (χ1n) is 10.3. The molecule has 0 saturated carbocycles. The number of aliphatic carboxylic acids is 3. The number of benzene rings is 1. The molecule has 2 heterocycles. The number of carboxylic acid groups (broad SMARTS) is 3. The summed E-state index contributed by atoms with van der Waals surface area (Å²) in [6, 6.07) is 9.43. The molecule has 12 nitrogen and oxygen atoms in total. The number of hydrogen-bond donors (Lipinski definition) is 6. The first-order chi connectivity index (χ1) is 15.9. The number of aliphatic hydroxyl groups is 3. The van der Waals surface area contributed by atoms with Crippen molar-refractivity contribution in [2.45, 2.75) is 61.0 Å². The number of fused-ring (bicyclic) bond motifs is 2. The number of aryl methyl sites for hydroxylation is 1. The molecule has 0 spiro atoms. The summed E-state index contributed by atoms with van der Waals surface area (Å²) >= 11 is 0. The number of rotatable bonds is 10. The Morgan fingerprint density at radius 2 is 1.62 bits per heavy atom. The standard InChI is InChI=1S/C22H24O12/c23-13(9-4-8-12-6-2-1-3-7-12)10-5-11-20-14(24)15(25)22(34-20,19(30)31)21(32,18(28)29)16(33-20)17(26)27/h1-3,5-7,10,14-16,24-25,32H,4,8-9,11H2,(H,26,27)(H,28,29)(H,30,31). The first-order valence-corrected chi connectivity index (χ1v) is 10.3. The van der Waals surface area contributed by atoms with E-state index in [1.54, 1.807) is 0 Å². The molecule has 34 heavy (non-hydrogen) atoms. The summed E-state index contributed by atoms with van der Waals surface area (Å²) in [5.41, 5.74) is -6.21. The highest BCUT2D eigenvalue weighted by molar-refractivity contribution is 5.97. The van der Waals surface area contributed by atoms with E-state index in [1.807, 2.05) is 30.3 Å². The van der Waals surface area contributed by atoms with E-state index in [1.165, 1.54) is 0 Å². The maximum atomic E-state index is 12.2. The highest BCUT2D eigenvalue weighted by Crippen LogP contribution is 2.54. The van der Waals surface area contributed by atoms with Gasteiger partial charge in [-0.15, -0.1) is 0 Å². The Kier molecular flexibility index (Phi) is 6.92. The zero-order valence-electron chi connectivity index (χ0n) is 17.7. The fourth-order valence-corrected chi connectivity index (χ4v) is 4.33. The maximum Gasteiger partial charge on any atom is 0.343 e. The van der Waals surface area contributed by atoms with Gasteiger partial charge in [0.25, 0.3) is 0 Å². The fourth-order valence-electron chi connectivity index (χ4n) is 4.33. The summed E-state index contributed by atoms with van der Waals surface area (Å²) in [5, 5.41) is 60.1. The molecule has 0 aromatic heterocycles. The zero-order valence-corrected chi connectivity index (χ0v) is 17.7. The number of hydrogen-bond acceptors (Lipinski definition) is 9. The third-order valence-electron chi connectivity index (χ3n) is 6.07. The van der Waals surface area contributed by atoms with Crippen molar-refractivity contribution in [1.29, 1.82) is 0 Å².